The van der Waals surface area contributed by atoms with Gasteiger partial charge in [0.1, 0.15) is 6.54 Å². The molecule has 1 fully saturated rings. The number of benzene rings is 1. The van der Waals surface area contributed by atoms with Crippen molar-refractivity contribution in [3.8, 4) is 0 Å². The summed E-state index contributed by atoms with van der Waals surface area (Å²) in [6.07, 6.45) is 5.52. The minimum absolute atomic E-state index is 0.00942. The molecule has 6 heteroatoms. The highest BCUT2D eigenvalue weighted by atomic mass is 16.2. The van der Waals surface area contributed by atoms with E-state index in [1.54, 1.807) is 0 Å². The summed E-state index contributed by atoms with van der Waals surface area (Å²) in [5, 5.41) is 0.845. The van der Waals surface area contributed by atoms with E-state index in [4.69, 9.17) is 0 Å². The summed E-state index contributed by atoms with van der Waals surface area (Å²) >= 11 is 0. The lowest BCUT2D eigenvalue weighted by Gasteiger charge is -2.17. The van der Waals surface area contributed by atoms with E-state index in [1.165, 1.54) is 11.3 Å². The summed E-state index contributed by atoms with van der Waals surface area (Å²) in [6.45, 7) is 2.48. The molecule has 1 aromatic carbocycles. The number of hydrazine groups is 1. The number of urea groups is 1. The van der Waals surface area contributed by atoms with Gasteiger partial charge in [0.05, 0.1) is 0 Å². The number of unbranched alkanes of at least 4 members (excludes halogenated alkanes) is 4. The van der Waals surface area contributed by atoms with Crippen LogP contribution >= 0.6 is 0 Å². The summed E-state index contributed by atoms with van der Waals surface area (Å²) in [6, 6.07) is 8.99. The highest BCUT2D eigenvalue weighted by Crippen LogP contribution is 2.13. The lowest BCUT2D eigenvalue weighted by Crippen LogP contribution is -2.46. The molecule has 0 bridgehead atoms. The Labute approximate surface area is 142 Å². The average molecular weight is 331 g/mol. The van der Waals surface area contributed by atoms with Gasteiger partial charge in [-0.2, -0.15) is 5.01 Å². The lowest BCUT2D eigenvalue weighted by molar-refractivity contribution is -0.135. The smallest absolute Gasteiger partial charge is 0.309 e. The van der Waals surface area contributed by atoms with Crippen molar-refractivity contribution in [2.75, 3.05) is 6.54 Å². The van der Waals surface area contributed by atoms with Crippen molar-refractivity contribution in [3.05, 3.63) is 35.9 Å². The van der Waals surface area contributed by atoms with Crippen LogP contribution in [-0.2, 0) is 16.1 Å². The Morgan fingerprint density at radius 1 is 1.08 bits per heavy atom. The van der Waals surface area contributed by atoms with Gasteiger partial charge in [0.2, 0.25) is 5.91 Å². The molecule has 130 valence electrons. The molecule has 0 radical (unpaired) electrons. The minimum Gasteiger partial charge on any atom is -0.309 e. The van der Waals surface area contributed by atoms with Gasteiger partial charge in [-0.1, -0.05) is 62.9 Å². The fourth-order valence-corrected chi connectivity index (χ4v) is 2.66. The van der Waals surface area contributed by atoms with Gasteiger partial charge in [0.25, 0.3) is 5.91 Å². The van der Waals surface area contributed by atoms with E-state index in [9.17, 15) is 14.4 Å². The summed E-state index contributed by atoms with van der Waals surface area (Å²) in [5.74, 6) is -0.676. The van der Waals surface area contributed by atoms with Gasteiger partial charge in [0, 0.05) is 13.0 Å². The van der Waals surface area contributed by atoms with Crippen LogP contribution in [0.1, 0.15) is 51.0 Å². The van der Waals surface area contributed by atoms with Gasteiger partial charge in [-0.05, 0) is 12.0 Å². The number of nitrogens with one attached hydrogen (secondary N) is 1. The van der Waals surface area contributed by atoms with E-state index in [2.05, 4.69) is 12.3 Å². The molecule has 1 aromatic rings. The first-order valence-electron chi connectivity index (χ1n) is 8.57. The van der Waals surface area contributed by atoms with Crippen LogP contribution in [0.5, 0.6) is 0 Å². The molecule has 2 rings (SSSR count). The van der Waals surface area contributed by atoms with Crippen molar-refractivity contribution in [3.63, 3.8) is 0 Å². The van der Waals surface area contributed by atoms with E-state index in [0.29, 0.717) is 13.0 Å². The summed E-state index contributed by atoms with van der Waals surface area (Å²) in [4.78, 5) is 37.6. The first kappa shape index (κ1) is 18.0. The Balaban J connectivity index is 1.80. The fraction of sp³-hybridized carbons (Fsp3) is 0.500. The minimum atomic E-state index is -0.469. The zero-order chi connectivity index (χ0) is 17.4. The monoisotopic (exact) mass is 331 g/mol. The number of carbonyl (C=O) groups is 3. The zero-order valence-corrected chi connectivity index (χ0v) is 14.2. The second kappa shape index (κ2) is 9.05. The predicted molar refractivity (Wildman–Crippen MR) is 90.6 cm³/mol. The van der Waals surface area contributed by atoms with E-state index < -0.39 is 11.9 Å². The van der Waals surface area contributed by atoms with Crippen molar-refractivity contribution in [2.24, 2.45) is 0 Å². The SMILES string of the molecule is CCCCCCCC(=O)NN1C(=O)CN(Cc2ccccc2)C1=O. The fourth-order valence-electron chi connectivity index (χ4n) is 2.66. The number of hydrogen-bond acceptors (Lipinski definition) is 3. The van der Waals surface area contributed by atoms with Crippen LogP contribution in [0.3, 0.4) is 0 Å². The lowest BCUT2D eigenvalue weighted by atomic mass is 10.1. The third-order valence-electron chi connectivity index (χ3n) is 4.00. The topological polar surface area (TPSA) is 69.7 Å². The van der Waals surface area contributed by atoms with E-state index in [-0.39, 0.29) is 12.5 Å². The Kier molecular flexibility index (Phi) is 6.78. The molecule has 0 aromatic heterocycles. The second-order valence-electron chi connectivity index (χ2n) is 6.05. The van der Waals surface area contributed by atoms with Crippen LogP contribution in [0, 0.1) is 0 Å². The van der Waals surface area contributed by atoms with Crippen molar-refractivity contribution in [1.29, 1.82) is 0 Å². The molecule has 0 atom stereocenters. The molecule has 1 saturated heterocycles. The number of hydrogen-bond donors (Lipinski definition) is 1. The molecule has 1 N–H and O–H groups in total. The van der Waals surface area contributed by atoms with Crippen molar-refractivity contribution in [2.45, 2.75) is 52.0 Å². The molecular weight excluding hydrogens is 306 g/mol. The van der Waals surface area contributed by atoms with Gasteiger partial charge in [-0.25, -0.2) is 4.79 Å². The third kappa shape index (κ3) is 5.08. The number of rotatable bonds is 9. The van der Waals surface area contributed by atoms with E-state index in [1.807, 2.05) is 30.3 Å². The van der Waals surface area contributed by atoms with Crippen LogP contribution in [0.25, 0.3) is 0 Å². The molecule has 0 unspecified atom stereocenters. The molecule has 0 saturated carbocycles. The van der Waals surface area contributed by atoms with Gasteiger partial charge in [-0.3, -0.25) is 15.0 Å². The molecule has 1 aliphatic rings. The number of carbonyl (C=O) groups excluding carboxylic acids is 3. The maximum absolute atomic E-state index is 12.3. The molecule has 6 nitrogen and oxygen atoms in total. The third-order valence-corrected chi connectivity index (χ3v) is 4.00. The maximum Gasteiger partial charge on any atom is 0.346 e. The van der Waals surface area contributed by atoms with Gasteiger partial charge in [-0.15, -0.1) is 0 Å². The van der Waals surface area contributed by atoms with Crippen LogP contribution < -0.4 is 5.43 Å². The van der Waals surface area contributed by atoms with Gasteiger partial charge < -0.3 is 4.90 Å². The highest BCUT2D eigenvalue weighted by Gasteiger charge is 2.37. The Hall–Kier alpha value is -2.37. The molecule has 0 spiro atoms. The predicted octanol–water partition coefficient (Wildman–Crippen LogP) is 2.84. The van der Waals surface area contributed by atoms with Crippen LogP contribution in [0.2, 0.25) is 0 Å². The van der Waals surface area contributed by atoms with Crippen molar-refractivity contribution >= 4 is 17.8 Å². The maximum atomic E-state index is 12.3. The Morgan fingerprint density at radius 3 is 2.50 bits per heavy atom. The van der Waals surface area contributed by atoms with Crippen molar-refractivity contribution < 1.29 is 14.4 Å². The Bertz CT molecular complexity index is 574. The number of amides is 4. The molecule has 4 amide bonds. The van der Waals surface area contributed by atoms with E-state index in [0.717, 1.165) is 36.3 Å². The number of nitrogens with zero attached hydrogens (tertiary/aromatic N) is 2. The summed E-state index contributed by atoms with van der Waals surface area (Å²) < 4.78 is 0. The van der Waals surface area contributed by atoms with E-state index >= 15 is 0 Å². The molecule has 1 heterocycles. The first-order valence-corrected chi connectivity index (χ1v) is 8.57. The van der Waals surface area contributed by atoms with Crippen molar-refractivity contribution in [1.82, 2.24) is 15.3 Å². The van der Waals surface area contributed by atoms with Crippen LogP contribution in [-0.4, -0.2) is 34.3 Å². The zero-order valence-electron chi connectivity index (χ0n) is 14.2. The van der Waals surface area contributed by atoms with Crippen LogP contribution in [0.15, 0.2) is 30.3 Å². The highest BCUT2D eigenvalue weighted by molar-refractivity contribution is 6.03. The van der Waals surface area contributed by atoms with Crippen LogP contribution in [0.4, 0.5) is 4.79 Å². The molecule has 0 aliphatic carbocycles. The molecular formula is C18H25N3O3. The largest absolute Gasteiger partial charge is 0.346 e. The van der Waals surface area contributed by atoms with Gasteiger partial charge in [0.15, 0.2) is 0 Å². The second-order valence-corrected chi connectivity index (χ2v) is 6.05. The van der Waals surface area contributed by atoms with Gasteiger partial charge >= 0.3 is 6.03 Å². The Morgan fingerprint density at radius 2 is 1.79 bits per heavy atom. The normalized spacial score (nSPS) is 14.4. The number of imide groups is 1. The standard InChI is InChI=1S/C18H25N3O3/c1-2-3-4-5-9-12-16(22)19-21-17(23)14-20(18(21)24)13-15-10-7-6-8-11-15/h6-8,10-11H,2-5,9,12-14H2,1H3,(H,19,22). The summed E-state index contributed by atoms with van der Waals surface area (Å²) in [5.41, 5.74) is 3.39. The average Bonchev–Trinajstić information content (AvgIpc) is 2.83. The first-order chi connectivity index (χ1) is 11.6. The molecule has 1 aliphatic heterocycles. The quantitative estimate of drug-likeness (QED) is 0.559. The summed E-state index contributed by atoms with van der Waals surface area (Å²) in [7, 11) is 0. The molecule has 24 heavy (non-hydrogen) atoms.